The Balaban J connectivity index is 0. The molecule has 2 atom stereocenters. The van der Waals surface area contributed by atoms with Crippen molar-refractivity contribution in [1.82, 2.24) is 0 Å². The lowest BCUT2D eigenvalue weighted by atomic mass is 9.81. The summed E-state index contributed by atoms with van der Waals surface area (Å²) >= 11 is 0. The van der Waals surface area contributed by atoms with E-state index in [1.165, 1.54) is 0 Å². The van der Waals surface area contributed by atoms with Crippen LogP contribution in [0, 0.1) is 5.92 Å². The predicted molar refractivity (Wildman–Crippen MR) is 115 cm³/mol. The van der Waals surface area contributed by atoms with Crippen LogP contribution in [0.5, 0.6) is 0 Å². The van der Waals surface area contributed by atoms with Crippen LogP contribution in [-0.2, 0) is 38.2 Å². The van der Waals surface area contributed by atoms with Crippen molar-refractivity contribution in [1.29, 1.82) is 0 Å². The van der Waals surface area contributed by atoms with Gasteiger partial charge in [-0.05, 0) is 26.2 Å². The van der Waals surface area contributed by atoms with Crippen molar-refractivity contribution in [3.8, 4) is 0 Å². The quantitative estimate of drug-likeness (QED) is 0.160. The van der Waals surface area contributed by atoms with Crippen LogP contribution in [0.25, 0.3) is 0 Å². The van der Waals surface area contributed by atoms with E-state index in [-0.39, 0.29) is 19.8 Å². The van der Waals surface area contributed by atoms with Crippen molar-refractivity contribution in [3.05, 3.63) is 0 Å². The van der Waals surface area contributed by atoms with Crippen LogP contribution >= 0.6 is 0 Å². The molecule has 0 aromatic heterocycles. The molecule has 0 rings (SSSR count). The van der Waals surface area contributed by atoms with E-state index in [1.54, 1.807) is 0 Å². The molecule has 2 N–H and O–H groups in total. The molecule has 0 saturated carbocycles. The van der Waals surface area contributed by atoms with E-state index in [2.05, 4.69) is 0 Å². The zero-order valence-corrected chi connectivity index (χ0v) is 19.8. The molecule has 0 amide bonds. The van der Waals surface area contributed by atoms with E-state index in [4.69, 9.17) is 24.1 Å². The van der Waals surface area contributed by atoms with Gasteiger partial charge >= 0.3 is 17.9 Å². The summed E-state index contributed by atoms with van der Waals surface area (Å²) in [4.78, 5) is 58.2. The third-order valence-corrected chi connectivity index (χ3v) is 4.12. The molecule has 186 valence electrons. The Bertz CT molecular complexity index is 598. The molecule has 0 aliphatic rings. The maximum Gasteiger partial charge on any atom is 0.340 e. The number of rotatable bonds is 15. The highest BCUT2D eigenvalue weighted by molar-refractivity contribution is 6.05. The molecule has 0 heterocycles. The number of carboxylic acid groups (broad SMARTS) is 1. The Labute approximate surface area is 189 Å². The van der Waals surface area contributed by atoms with Gasteiger partial charge in [0.15, 0.2) is 11.5 Å². The SMILES string of the molecule is CC(=O)O.CCCCOC(=O)CC(O)(C(=O)OCCCC)C(C(C)=O)C(=O)OCCCC. The molecule has 10 nitrogen and oxygen atoms in total. The van der Waals surface area contributed by atoms with E-state index in [9.17, 15) is 24.3 Å². The second kappa shape index (κ2) is 18.1. The summed E-state index contributed by atoms with van der Waals surface area (Å²) in [5, 5.41) is 18.4. The van der Waals surface area contributed by atoms with Crippen molar-refractivity contribution < 1.29 is 48.4 Å². The Kier molecular flexibility index (Phi) is 17.9. The summed E-state index contributed by atoms with van der Waals surface area (Å²) in [6.45, 7) is 7.98. The van der Waals surface area contributed by atoms with Gasteiger partial charge in [-0.3, -0.25) is 19.2 Å². The standard InChI is InChI=1S/C20H34O8.C2H4O2/c1-5-8-11-26-16(22)14-20(25,19(24)28-13-10-7-3)17(15(4)21)18(23)27-12-9-6-2;1-2(3)4/h17,25H,5-14H2,1-4H3;1H3,(H,3,4). The molecule has 0 spiro atoms. The Morgan fingerprint density at radius 3 is 1.59 bits per heavy atom. The van der Waals surface area contributed by atoms with Crippen LogP contribution in [0.1, 0.15) is 79.6 Å². The molecule has 0 aromatic carbocycles. The number of ketones is 1. The first kappa shape index (κ1) is 31.7. The number of aliphatic hydroxyl groups is 1. The molecule has 0 radical (unpaired) electrons. The van der Waals surface area contributed by atoms with Crippen LogP contribution < -0.4 is 0 Å². The molecule has 0 aliphatic heterocycles. The second-order valence-corrected chi connectivity index (χ2v) is 7.25. The number of carbonyl (C=O) groups is 5. The lowest BCUT2D eigenvalue weighted by Crippen LogP contribution is -2.55. The minimum atomic E-state index is -2.67. The second-order valence-electron chi connectivity index (χ2n) is 7.25. The van der Waals surface area contributed by atoms with Gasteiger partial charge in [0.05, 0.1) is 26.2 Å². The topological polar surface area (TPSA) is 154 Å². The molecular weight excluding hydrogens is 424 g/mol. The number of unbranched alkanes of at least 4 members (excludes halogenated alkanes) is 3. The largest absolute Gasteiger partial charge is 0.481 e. The van der Waals surface area contributed by atoms with Gasteiger partial charge in [-0.2, -0.15) is 0 Å². The first-order valence-corrected chi connectivity index (χ1v) is 10.9. The van der Waals surface area contributed by atoms with Gasteiger partial charge in [0.25, 0.3) is 5.97 Å². The van der Waals surface area contributed by atoms with Crippen LogP contribution in [0.15, 0.2) is 0 Å². The van der Waals surface area contributed by atoms with E-state index in [0.717, 1.165) is 33.1 Å². The Hall–Kier alpha value is -2.49. The molecule has 0 bridgehead atoms. The lowest BCUT2D eigenvalue weighted by molar-refractivity contribution is -0.187. The van der Waals surface area contributed by atoms with Gasteiger partial charge in [-0.1, -0.05) is 40.0 Å². The monoisotopic (exact) mass is 462 g/mol. The van der Waals surface area contributed by atoms with Crippen molar-refractivity contribution in [3.63, 3.8) is 0 Å². The van der Waals surface area contributed by atoms with Gasteiger partial charge < -0.3 is 24.4 Å². The zero-order valence-electron chi connectivity index (χ0n) is 19.8. The molecule has 0 fully saturated rings. The number of ether oxygens (including phenoxy) is 3. The van der Waals surface area contributed by atoms with Gasteiger partial charge in [-0.15, -0.1) is 0 Å². The first-order chi connectivity index (χ1) is 15.0. The van der Waals surface area contributed by atoms with Gasteiger partial charge in [0.1, 0.15) is 5.78 Å². The van der Waals surface area contributed by atoms with Crippen molar-refractivity contribution >= 4 is 29.7 Å². The summed E-state index contributed by atoms with van der Waals surface area (Å²) in [5.41, 5.74) is -2.67. The number of Topliss-reactive ketones (excluding diaryl/α,β-unsaturated/α-hetero) is 1. The minimum Gasteiger partial charge on any atom is -0.481 e. The highest BCUT2D eigenvalue weighted by atomic mass is 16.6. The third kappa shape index (κ3) is 13.7. The third-order valence-electron chi connectivity index (χ3n) is 4.12. The summed E-state index contributed by atoms with van der Waals surface area (Å²) < 4.78 is 15.0. The number of hydrogen-bond acceptors (Lipinski definition) is 9. The van der Waals surface area contributed by atoms with Crippen LogP contribution in [0.2, 0.25) is 0 Å². The van der Waals surface area contributed by atoms with Gasteiger partial charge in [0, 0.05) is 6.92 Å². The normalized spacial score (nSPS) is 12.9. The smallest absolute Gasteiger partial charge is 0.340 e. The maximum absolute atomic E-state index is 12.5. The van der Waals surface area contributed by atoms with Crippen LogP contribution in [0.3, 0.4) is 0 Å². The summed E-state index contributed by atoms with van der Waals surface area (Å²) in [5.74, 6) is -6.65. The number of carboxylic acids is 1. The van der Waals surface area contributed by atoms with Crippen LogP contribution in [-0.4, -0.2) is 65.3 Å². The number of hydrogen-bond donors (Lipinski definition) is 2. The summed E-state index contributed by atoms with van der Waals surface area (Å²) in [6.07, 6.45) is 3.12. The highest BCUT2D eigenvalue weighted by Gasteiger charge is 2.54. The molecule has 0 saturated heterocycles. The highest BCUT2D eigenvalue weighted by Crippen LogP contribution is 2.27. The van der Waals surface area contributed by atoms with Crippen molar-refractivity contribution in [2.24, 2.45) is 5.92 Å². The minimum absolute atomic E-state index is 0.00195. The fourth-order valence-electron chi connectivity index (χ4n) is 2.43. The predicted octanol–water partition coefficient (Wildman–Crippen LogP) is 2.43. The van der Waals surface area contributed by atoms with Crippen molar-refractivity contribution in [2.45, 2.75) is 85.2 Å². The first-order valence-electron chi connectivity index (χ1n) is 10.9. The molecule has 32 heavy (non-hydrogen) atoms. The summed E-state index contributed by atoms with van der Waals surface area (Å²) in [6, 6.07) is 0. The molecular formula is C22H38O10. The molecule has 0 aromatic rings. The molecule has 0 aliphatic carbocycles. The lowest BCUT2D eigenvalue weighted by Gasteiger charge is -2.30. The number of aliphatic carboxylic acids is 1. The molecule has 10 heteroatoms. The van der Waals surface area contributed by atoms with E-state index in [0.29, 0.717) is 19.3 Å². The van der Waals surface area contributed by atoms with Crippen LogP contribution in [0.4, 0.5) is 0 Å². The van der Waals surface area contributed by atoms with Gasteiger partial charge in [-0.25, -0.2) is 4.79 Å². The molecule has 2 unspecified atom stereocenters. The average Bonchev–Trinajstić information content (AvgIpc) is 2.67. The number of esters is 3. The average molecular weight is 463 g/mol. The van der Waals surface area contributed by atoms with Gasteiger partial charge in [0.2, 0.25) is 0 Å². The fraction of sp³-hybridized carbons (Fsp3) is 0.773. The van der Waals surface area contributed by atoms with E-state index < -0.39 is 47.6 Å². The fourth-order valence-corrected chi connectivity index (χ4v) is 2.43. The van der Waals surface area contributed by atoms with Crippen molar-refractivity contribution in [2.75, 3.05) is 19.8 Å². The maximum atomic E-state index is 12.5. The summed E-state index contributed by atoms with van der Waals surface area (Å²) in [7, 11) is 0. The Morgan fingerprint density at radius 1 is 0.781 bits per heavy atom. The number of carbonyl (C=O) groups excluding carboxylic acids is 4. The zero-order chi connectivity index (χ0) is 25.2. The van der Waals surface area contributed by atoms with E-state index in [1.807, 2.05) is 20.8 Å². The Morgan fingerprint density at radius 2 is 1.19 bits per heavy atom. The van der Waals surface area contributed by atoms with E-state index >= 15 is 0 Å².